The first-order chi connectivity index (χ1) is 10.6. The van der Waals surface area contributed by atoms with Crippen molar-refractivity contribution in [3.63, 3.8) is 0 Å². The van der Waals surface area contributed by atoms with Crippen LogP contribution in [0.5, 0.6) is 0 Å². The Kier molecular flexibility index (Phi) is 5.10. The summed E-state index contributed by atoms with van der Waals surface area (Å²) in [4.78, 5) is 21.9. The maximum Gasteiger partial charge on any atom is 0.251 e. The first kappa shape index (κ1) is 15.9. The number of rotatable bonds is 4. The zero-order valence-corrected chi connectivity index (χ0v) is 14.0. The Labute approximate surface area is 135 Å². The summed E-state index contributed by atoms with van der Waals surface area (Å²) in [6.07, 6.45) is 6.44. The molecule has 1 N–H and O–H groups in total. The van der Waals surface area contributed by atoms with E-state index in [0.29, 0.717) is 19.0 Å². The number of carbonyl (C=O) groups excluding carboxylic acids is 1. The van der Waals surface area contributed by atoms with Crippen molar-refractivity contribution in [2.45, 2.75) is 51.2 Å². The zero-order valence-electron chi connectivity index (χ0n) is 13.2. The predicted octanol–water partition coefficient (Wildman–Crippen LogP) is 1.83. The highest BCUT2D eigenvalue weighted by atomic mass is 32.1. The smallest absolute Gasteiger partial charge is 0.251 e. The van der Waals surface area contributed by atoms with E-state index in [4.69, 9.17) is 0 Å². The molecule has 22 heavy (non-hydrogen) atoms. The van der Waals surface area contributed by atoms with E-state index in [1.54, 1.807) is 4.90 Å². The molecule has 1 saturated carbocycles. The molecule has 1 aliphatic heterocycles. The minimum Gasteiger partial charge on any atom is -0.384 e. The molecule has 5 nitrogen and oxygen atoms in total. The van der Waals surface area contributed by atoms with Gasteiger partial charge >= 0.3 is 0 Å². The highest BCUT2D eigenvalue weighted by molar-refractivity contribution is 7.11. The molecule has 2 fully saturated rings. The van der Waals surface area contributed by atoms with Crippen LogP contribution in [-0.4, -0.2) is 58.1 Å². The quantitative estimate of drug-likeness (QED) is 0.918. The van der Waals surface area contributed by atoms with Gasteiger partial charge in [0, 0.05) is 49.7 Å². The standard InChI is InChI=1S/C16H25N3O2S/c1-12(20)16(21)19-8-6-18(7-9-19)11-14-10-17-15(22-14)13-4-2-3-5-13/h10,12-13,20H,2-9,11H2,1H3. The molecule has 1 amide bonds. The summed E-state index contributed by atoms with van der Waals surface area (Å²) in [5.41, 5.74) is 0. The van der Waals surface area contributed by atoms with E-state index < -0.39 is 6.10 Å². The van der Waals surface area contributed by atoms with Crippen molar-refractivity contribution in [1.29, 1.82) is 0 Å². The fourth-order valence-electron chi connectivity index (χ4n) is 3.37. The SMILES string of the molecule is CC(O)C(=O)N1CCN(Cc2cnc(C3CCCC3)s2)CC1. The van der Waals surface area contributed by atoms with E-state index in [9.17, 15) is 9.90 Å². The van der Waals surface area contributed by atoms with Crippen molar-refractivity contribution in [3.8, 4) is 0 Å². The van der Waals surface area contributed by atoms with Gasteiger partial charge in [-0.15, -0.1) is 11.3 Å². The summed E-state index contributed by atoms with van der Waals surface area (Å²) in [6, 6.07) is 0. The van der Waals surface area contributed by atoms with Gasteiger partial charge in [-0.2, -0.15) is 0 Å². The Hall–Kier alpha value is -0.980. The van der Waals surface area contributed by atoms with Crippen molar-refractivity contribution in [3.05, 3.63) is 16.1 Å². The van der Waals surface area contributed by atoms with Crippen molar-refractivity contribution in [2.24, 2.45) is 0 Å². The molecule has 1 unspecified atom stereocenters. The van der Waals surface area contributed by atoms with E-state index >= 15 is 0 Å². The van der Waals surface area contributed by atoms with Crippen molar-refractivity contribution >= 4 is 17.2 Å². The van der Waals surface area contributed by atoms with Crippen LogP contribution in [0.4, 0.5) is 0 Å². The van der Waals surface area contributed by atoms with Crippen LogP contribution < -0.4 is 0 Å². The van der Waals surface area contributed by atoms with Gasteiger partial charge in [-0.3, -0.25) is 9.69 Å². The fraction of sp³-hybridized carbons (Fsp3) is 0.750. The van der Waals surface area contributed by atoms with Gasteiger partial charge in [-0.05, 0) is 19.8 Å². The summed E-state index contributed by atoms with van der Waals surface area (Å²) in [6.45, 7) is 5.62. The molecule has 1 saturated heterocycles. The van der Waals surface area contributed by atoms with E-state index in [1.165, 1.54) is 42.5 Å². The summed E-state index contributed by atoms with van der Waals surface area (Å²) >= 11 is 1.86. The number of hydrogen-bond donors (Lipinski definition) is 1. The first-order valence-corrected chi connectivity index (χ1v) is 9.09. The topological polar surface area (TPSA) is 56.7 Å². The largest absolute Gasteiger partial charge is 0.384 e. The molecule has 1 aromatic heterocycles. The number of aromatic nitrogens is 1. The van der Waals surface area contributed by atoms with Gasteiger partial charge < -0.3 is 10.0 Å². The van der Waals surface area contributed by atoms with Crippen LogP contribution in [0.25, 0.3) is 0 Å². The number of aliphatic hydroxyl groups excluding tert-OH is 1. The summed E-state index contributed by atoms with van der Waals surface area (Å²) in [5.74, 6) is 0.542. The third kappa shape index (κ3) is 3.67. The van der Waals surface area contributed by atoms with E-state index in [1.807, 2.05) is 17.5 Å². The van der Waals surface area contributed by atoms with Gasteiger partial charge in [0.25, 0.3) is 5.91 Å². The number of carbonyl (C=O) groups is 1. The maximum absolute atomic E-state index is 11.8. The lowest BCUT2D eigenvalue weighted by atomic mass is 10.1. The van der Waals surface area contributed by atoms with Crippen LogP contribution in [0.15, 0.2) is 6.20 Å². The molecule has 1 atom stereocenters. The molecule has 122 valence electrons. The molecule has 0 spiro atoms. The van der Waals surface area contributed by atoms with Crippen molar-refractivity contribution < 1.29 is 9.90 Å². The second kappa shape index (κ2) is 7.06. The summed E-state index contributed by atoms with van der Waals surface area (Å²) < 4.78 is 0. The molecular weight excluding hydrogens is 298 g/mol. The normalized spacial score (nSPS) is 22.2. The average molecular weight is 323 g/mol. The number of nitrogens with zero attached hydrogens (tertiary/aromatic N) is 3. The Bertz CT molecular complexity index is 503. The molecule has 6 heteroatoms. The van der Waals surface area contributed by atoms with Gasteiger partial charge in [-0.1, -0.05) is 12.8 Å². The second-order valence-electron chi connectivity index (χ2n) is 6.42. The zero-order chi connectivity index (χ0) is 15.5. The fourth-order valence-corrected chi connectivity index (χ4v) is 4.50. The predicted molar refractivity (Wildman–Crippen MR) is 86.9 cm³/mol. The molecule has 3 rings (SSSR count). The third-order valence-electron chi connectivity index (χ3n) is 4.70. The highest BCUT2D eigenvalue weighted by Crippen LogP contribution is 2.36. The number of aliphatic hydroxyl groups is 1. The minimum atomic E-state index is -0.887. The lowest BCUT2D eigenvalue weighted by Gasteiger charge is -2.35. The lowest BCUT2D eigenvalue weighted by molar-refractivity contribution is -0.141. The second-order valence-corrected chi connectivity index (χ2v) is 7.57. The molecule has 0 bridgehead atoms. The van der Waals surface area contributed by atoms with Gasteiger partial charge in [0.05, 0.1) is 5.01 Å². The molecule has 1 aliphatic carbocycles. The van der Waals surface area contributed by atoms with Crippen molar-refractivity contribution in [1.82, 2.24) is 14.8 Å². The van der Waals surface area contributed by atoms with Crippen LogP contribution in [0.2, 0.25) is 0 Å². The Morgan fingerprint density at radius 2 is 2.05 bits per heavy atom. The van der Waals surface area contributed by atoms with Crippen LogP contribution in [-0.2, 0) is 11.3 Å². The molecule has 2 heterocycles. The molecule has 2 aliphatic rings. The maximum atomic E-state index is 11.8. The Morgan fingerprint density at radius 1 is 1.36 bits per heavy atom. The number of amides is 1. The van der Waals surface area contributed by atoms with Crippen LogP contribution >= 0.6 is 11.3 Å². The minimum absolute atomic E-state index is 0.152. The Morgan fingerprint density at radius 3 is 2.68 bits per heavy atom. The van der Waals surface area contributed by atoms with Crippen molar-refractivity contribution in [2.75, 3.05) is 26.2 Å². The number of thiazole rings is 1. The number of piperazine rings is 1. The lowest BCUT2D eigenvalue weighted by Crippen LogP contribution is -2.50. The average Bonchev–Trinajstić information content (AvgIpc) is 3.18. The van der Waals surface area contributed by atoms with E-state index in [2.05, 4.69) is 9.88 Å². The molecule has 1 aromatic rings. The van der Waals surface area contributed by atoms with Crippen LogP contribution in [0.3, 0.4) is 0 Å². The number of hydrogen-bond acceptors (Lipinski definition) is 5. The van der Waals surface area contributed by atoms with Crippen LogP contribution in [0.1, 0.15) is 48.4 Å². The van der Waals surface area contributed by atoms with Gasteiger partial charge in [-0.25, -0.2) is 4.98 Å². The molecule has 0 aromatic carbocycles. The van der Waals surface area contributed by atoms with E-state index in [-0.39, 0.29) is 5.91 Å². The Balaban J connectivity index is 1.49. The first-order valence-electron chi connectivity index (χ1n) is 8.27. The summed E-state index contributed by atoms with van der Waals surface area (Å²) in [5, 5.41) is 10.7. The molecule has 0 radical (unpaired) electrons. The van der Waals surface area contributed by atoms with Gasteiger partial charge in [0.2, 0.25) is 0 Å². The van der Waals surface area contributed by atoms with Crippen LogP contribution in [0, 0.1) is 0 Å². The summed E-state index contributed by atoms with van der Waals surface area (Å²) in [7, 11) is 0. The molecular formula is C16H25N3O2S. The monoisotopic (exact) mass is 323 g/mol. The van der Waals surface area contributed by atoms with Gasteiger partial charge in [0.15, 0.2) is 0 Å². The highest BCUT2D eigenvalue weighted by Gasteiger charge is 2.25. The third-order valence-corrected chi connectivity index (χ3v) is 5.84. The van der Waals surface area contributed by atoms with E-state index in [0.717, 1.165) is 19.6 Å². The van der Waals surface area contributed by atoms with Gasteiger partial charge in [0.1, 0.15) is 6.10 Å².